The van der Waals surface area contributed by atoms with Crippen LogP contribution in [0.15, 0.2) is 0 Å². The van der Waals surface area contributed by atoms with Gasteiger partial charge < -0.3 is 5.32 Å². The van der Waals surface area contributed by atoms with E-state index in [1.165, 1.54) is 0 Å². The number of halogens is 4. The third-order valence-corrected chi connectivity index (χ3v) is 3.26. The SMILES string of the molecule is CC(CCl)C(C)Nc1nc(C(F)(F)F)ns1. The van der Waals surface area contributed by atoms with Gasteiger partial charge in [0.1, 0.15) is 0 Å². The minimum atomic E-state index is -4.49. The normalized spacial score (nSPS) is 15.9. The average molecular weight is 274 g/mol. The second-order valence-electron chi connectivity index (χ2n) is 3.49. The van der Waals surface area contributed by atoms with E-state index in [1.54, 1.807) is 0 Å². The van der Waals surface area contributed by atoms with Gasteiger partial charge in [-0.15, -0.1) is 11.6 Å². The maximum Gasteiger partial charge on any atom is 0.452 e. The van der Waals surface area contributed by atoms with Crippen LogP contribution in [0.25, 0.3) is 0 Å². The molecule has 2 unspecified atom stereocenters. The number of nitrogens with zero attached hydrogens (tertiary/aromatic N) is 2. The van der Waals surface area contributed by atoms with Gasteiger partial charge in [0, 0.05) is 23.5 Å². The quantitative estimate of drug-likeness (QED) is 0.856. The van der Waals surface area contributed by atoms with Crippen molar-refractivity contribution in [2.45, 2.75) is 26.1 Å². The van der Waals surface area contributed by atoms with E-state index < -0.39 is 12.0 Å². The molecule has 0 bridgehead atoms. The Morgan fingerprint density at radius 2 is 2.06 bits per heavy atom. The van der Waals surface area contributed by atoms with E-state index in [9.17, 15) is 13.2 Å². The summed E-state index contributed by atoms with van der Waals surface area (Å²) in [4.78, 5) is 3.37. The minimum Gasteiger partial charge on any atom is -0.358 e. The third-order valence-electron chi connectivity index (χ3n) is 2.13. The number of aromatic nitrogens is 2. The fourth-order valence-corrected chi connectivity index (χ4v) is 1.82. The Hall–Kier alpha value is -0.560. The first-order valence-corrected chi connectivity index (χ1v) is 5.88. The van der Waals surface area contributed by atoms with Gasteiger partial charge in [-0.05, 0) is 12.8 Å². The standard InChI is InChI=1S/C8H11ClF3N3S/c1-4(3-9)5(2)13-7-14-6(15-16-7)8(10,11)12/h4-5H,3H2,1-2H3,(H,13,14,15). The van der Waals surface area contributed by atoms with Gasteiger partial charge in [0.2, 0.25) is 11.0 Å². The second-order valence-corrected chi connectivity index (χ2v) is 4.55. The number of alkyl halides is 4. The van der Waals surface area contributed by atoms with Crippen molar-refractivity contribution in [2.24, 2.45) is 5.92 Å². The van der Waals surface area contributed by atoms with Gasteiger partial charge in [-0.25, -0.2) is 0 Å². The lowest BCUT2D eigenvalue weighted by Crippen LogP contribution is -2.24. The Morgan fingerprint density at radius 1 is 1.44 bits per heavy atom. The van der Waals surface area contributed by atoms with E-state index >= 15 is 0 Å². The van der Waals surface area contributed by atoms with Crippen LogP contribution in [0.2, 0.25) is 0 Å². The molecule has 0 aromatic carbocycles. The highest BCUT2D eigenvalue weighted by Gasteiger charge is 2.36. The lowest BCUT2D eigenvalue weighted by Gasteiger charge is -2.17. The molecule has 1 N–H and O–H groups in total. The van der Waals surface area contributed by atoms with Crippen molar-refractivity contribution in [3.8, 4) is 0 Å². The molecule has 92 valence electrons. The molecule has 0 saturated heterocycles. The van der Waals surface area contributed by atoms with Crippen LogP contribution < -0.4 is 5.32 Å². The van der Waals surface area contributed by atoms with Crippen molar-refractivity contribution >= 4 is 28.3 Å². The highest BCUT2D eigenvalue weighted by atomic mass is 35.5. The molecule has 1 aromatic rings. The van der Waals surface area contributed by atoms with E-state index in [-0.39, 0.29) is 17.1 Å². The van der Waals surface area contributed by atoms with Crippen LogP contribution in [0, 0.1) is 5.92 Å². The van der Waals surface area contributed by atoms with Gasteiger partial charge >= 0.3 is 6.18 Å². The molecule has 0 fully saturated rings. The van der Waals surface area contributed by atoms with Gasteiger partial charge in [-0.3, -0.25) is 0 Å². The molecule has 1 aromatic heterocycles. The van der Waals surface area contributed by atoms with Gasteiger partial charge in [0.05, 0.1) is 0 Å². The fourth-order valence-electron chi connectivity index (χ4n) is 0.868. The van der Waals surface area contributed by atoms with Crippen molar-refractivity contribution in [1.29, 1.82) is 0 Å². The molecule has 0 aliphatic rings. The van der Waals surface area contributed by atoms with Crippen LogP contribution in [0.5, 0.6) is 0 Å². The monoisotopic (exact) mass is 273 g/mol. The highest BCUT2D eigenvalue weighted by Crippen LogP contribution is 2.29. The summed E-state index contributed by atoms with van der Waals surface area (Å²) < 4.78 is 39.8. The van der Waals surface area contributed by atoms with Crippen LogP contribution in [0.4, 0.5) is 18.3 Å². The van der Waals surface area contributed by atoms with E-state index in [4.69, 9.17) is 11.6 Å². The summed E-state index contributed by atoms with van der Waals surface area (Å²) in [7, 11) is 0. The maximum absolute atomic E-state index is 12.2. The van der Waals surface area contributed by atoms with Crippen molar-refractivity contribution in [2.75, 3.05) is 11.2 Å². The zero-order chi connectivity index (χ0) is 12.3. The Kier molecular flexibility index (Phi) is 4.37. The summed E-state index contributed by atoms with van der Waals surface area (Å²) in [5.74, 6) is -0.537. The van der Waals surface area contributed by atoms with Gasteiger partial charge in [-0.1, -0.05) is 6.92 Å². The topological polar surface area (TPSA) is 37.8 Å². The first kappa shape index (κ1) is 13.5. The molecule has 3 nitrogen and oxygen atoms in total. The molecule has 2 atom stereocenters. The first-order chi connectivity index (χ1) is 7.34. The number of rotatable bonds is 4. The van der Waals surface area contributed by atoms with Crippen LogP contribution in [0.1, 0.15) is 19.7 Å². The summed E-state index contributed by atoms with van der Waals surface area (Å²) in [5, 5.41) is 3.01. The minimum absolute atomic E-state index is 0.0495. The zero-order valence-corrected chi connectivity index (χ0v) is 10.2. The Bertz CT molecular complexity index is 342. The lowest BCUT2D eigenvalue weighted by atomic mass is 10.1. The van der Waals surface area contributed by atoms with Crippen LogP contribution in [-0.4, -0.2) is 21.3 Å². The van der Waals surface area contributed by atoms with E-state index in [0.717, 1.165) is 0 Å². The predicted molar refractivity (Wildman–Crippen MR) is 57.9 cm³/mol. The summed E-state index contributed by atoms with van der Waals surface area (Å²) in [6.45, 7) is 3.73. The molecule has 0 aliphatic carbocycles. The van der Waals surface area contributed by atoms with Crippen LogP contribution in [0.3, 0.4) is 0 Å². The van der Waals surface area contributed by atoms with Crippen molar-refractivity contribution < 1.29 is 13.2 Å². The predicted octanol–water partition coefficient (Wildman–Crippen LogP) is 3.23. The van der Waals surface area contributed by atoms with Gasteiger partial charge in [0.25, 0.3) is 0 Å². The molecule has 0 aliphatic heterocycles. The maximum atomic E-state index is 12.2. The smallest absolute Gasteiger partial charge is 0.358 e. The molecule has 0 radical (unpaired) electrons. The summed E-state index contributed by atoms with van der Waals surface area (Å²) in [6.07, 6.45) is -4.49. The largest absolute Gasteiger partial charge is 0.452 e. The molecule has 8 heteroatoms. The second kappa shape index (κ2) is 5.18. The fraction of sp³-hybridized carbons (Fsp3) is 0.750. The third kappa shape index (κ3) is 3.48. The molecule has 1 rings (SSSR count). The van der Waals surface area contributed by atoms with E-state index in [0.29, 0.717) is 17.4 Å². The molecule has 0 saturated carbocycles. The summed E-state index contributed by atoms with van der Waals surface area (Å²) >= 11 is 6.34. The highest BCUT2D eigenvalue weighted by molar-refractivity contribution is 7.09. The number of anilines is 1. The molecule has 16 heavy (non-hydrogen) atoms. The Labute approximate surface area is 100 Å². The van der Waals surface area contributed by atoms with E-state index in [1.807, 2.05) is 13.8 Å². The number of nitrogens with one attached hydrogen (secondary N) is 1. The van der Waals surface area contributed by atoms with Crippen molar-refractivity contribution in [3.05, 3.63) is 5.82 Å². The van der Waals surface area contributed by atoms with Gasteiger partial charge in [-0.2, -0.15) is 22.5 Å². The number of hydrogen-bond donors (Lipinski definition) is 1. The molecular weight excluding hydrogens is 263 g/mol. The van der Waals surface area contributed by atoms with Crippen molar-refractivity contribution in [1.82, 2.24) is 9.36 Å². The van der Waals surface area contributed by atoms with Crippen molar-refractivity contribution in [3.63, 3.8) is 0 Å². The number of hydrogen-bond acceptors (Lipinski definition) is 4. The van der Waals surface area contributed by atoms with Gasteiger partial charge in [0.15, 0.2) is 0 Å². The zero-order valence-electron chi connectivity index (χ0n) is 8.68. The molecule has 1 heterocycles. The Balaban J connectivity index is 2.66. The molecular formula is C8H11ClF3N3S. The lowest BCUT2D eigenvalue weighted by molar-refractivity contribution is -0.144. The summed E-state index contributed by atoms with van der Waals surface area (Å²) in [6, 6.07) is -0.0495. The summed E-state index contributed by atoms with van der Waals surface area (Å²) in [5.41, 5.74) is 0. The Morgan fingerprint density at radius 3 is 2.50 bits per heavy atom. The first-order valence-electron chi connectivity index (χ1n) is 4.58. The average Bonchev–Trinajstić information content (AvgIpc) is 2.64. The van der Waals surface area contributed by atoms with E-state index in [2.05, 4.69) is 14.7 Å². The molecule has 0 spiro atoms. The van der Waals surface area contributed by atoms with Crippen LogP contribution in [-0.2, 0) is 6.18 Å². The van der Waals surface area contributed by atoms with Crippen LogP contribution >= 0.6 is 23.1 Å². The molecule has 0 amide bonds.